The van der Waals surface area contributed by atoms with Gasteiger partial charge in [0, 0.05) is 13.2 Å². The first-order valence-corrected chi connectivity index (χ1v) is 6.49. The zero-order chi connectivity index (χ0) is 14.8. The number of rotatable bonds is 4. The first-order chi connectivity index (χ1) is 10.1. The third kappa shape index (κ3) is 2.92. The topological polar surface area (TPSA) is 103 Å². The van der Waals surface area contributed by atoms with Crippen molar-refractivity contribution in [1.82, 2.24) is 19.9 Å². The van der Waals surface area contributed by atoms with Crippen LogP contribution in [0.2, 0.25) is 0 Å². The van der Waals surface area contributed by atoms with Gasteiger partial charge in [0.2, 0.25) is 11.7 Å². The van der Waals surface area contributed by atoms with Crippen molar-refractivity contribution < 1.29 is 9.63 Å². The summed E-state index contributed by atoms with van der Waals surface area (Å²) in [5.74, 6) is 1.01. The Morgan fingerprint density at radius 2 is 2.05 bits per heavy atom. The Bertz CT molecular complexity index is 732. The van der Waals surface area contributed by atoms with Gasteiger partial charge in [-0.25, -0.2) is 0 Å². The predicted molar refractivity (Wildman–Crippen MR) is 75.2 cm³/mol. The fourth-order valence-corrected chi connectivity index (χ4v) is 2.00. The van der Waals surface area contributed by atoms with Gasteiger partial charge in [0.05, 0.1) is 6.04 Å². The smallest absolute Gasteiger partial charge is 0.244 e. The molecule has 0 amide bonds. The lowest BCUT2D eigenvalue weighted by Gasteiger charge is -2.06. The minimum atomic E-state index is -0.403. The van der Waals surface area contributed by atoms with E-state index in [1.165, 1.54) is 0 Å². The molecule has 1 aromatic carbocycles. The van der Waals surface area contributed by atoms with Gasteiger partial charge < -0.3 is 15.4 Å². The summed E-state index contributed by atoms with van der Waals surface area (Å²) in [6.07, 6.45) is 2.35. The average Bonchev–Trinajstić information content (AvgIpc) is 3.10. The molecule has 0 fully saturated rings. The van der Waals surface area contributed by atoms with Gasteiger partial charge in [-0.05, 0) is 30.2 Å². The first-order valence-electron chi connectivity index (χ1n) is 6.49. The van der Waals surface area contributed by atoms with Crippen LogP contribution in [0.25, 0.3) is 11.5 Å². The zero-order valence-electron chi connectivity index (χ0n) is 11.5. The molecule has 2 aromatic heterocycles. The van der Waals surface area contributed by atoms with Crippen LogP contribution in [-0.4, -0.2) is 25.0 Å². The van der Waals surface area contributed by atoms with E-state index in [1.807, 2.05) is 25.4 Å². The van der Waals surface area contributed by atoms with Gasteiger partial charge in [-0.15, -0.1) is 0 Å². The highest BCUT2D eigenvalue weighted by Gasteiger charge is 2.17. The number of nitrogens with zero attached hydrogens (tertiary/aromatic N) is 4. The van der Waals surface area contributed by atoms with Gasteiger partial charge in [-0.3, -0.25) is 4.68 Å². The quantitative estimate of drug-likeness (QED) is 0.751. The molecular formula is C14H15N5O2. The summed E-state index contributed by atoms with van der Waals surface area (Å²) in [4.78, 5) is 4.28. The monoisotopic (exact) mass is 285 g/mol. The van der Waals surface area contributed by atoms with E-state index in [-0.39, 0.29) is 5.75 Å². The molecule has 3 N–H and O–H groups in total. The van der Waals surface area contributed by atoms with Crippen molar-refractivity contribution in [2.75, 3.05) is 0 Å². The molecule has 2 heterocycles. The summed E-state index contributed by atoms with van der Waals surface area (Å²) in [7, 11) is 1.82. The van der Waals surface area contributed by atoms with Gasteiger partial charge >= 0.3 is 0 Å². The largest absolute Gasteiger partial charge is 0.508 e. The third-order valence-corrected chi connectivity index (χ3v) is 3.09. The Hall–Kier alpha value is -2.67. The molecule has 0 bridgehead atoms. The summed E-state index contributed by atoms with van der Waals surface area (Å²) in [5.41, 5.74) is 7.70. The predicted octanol–water partition coefficient (Wildman–Crippen LogP) is 1.42. The number of phenols is 1. The van der Waals surface area contributed by atoms with E-state index in [0.29, 0.717) is 23.8 Å². The SMILES string of the molecule is Cn1ccc(-c2noc(C(N)Cc3ccc(O)cc3)n2)n1. The van der Waals surface area contributed by atoms with Gasteiger partial charge in [0.15, 0.2) is 0 Å². The zero-order valence-corrected chi connectivity index (χ0v) is 11.5. The van der Waals surface area contributed by atoms with Crippen molar-refractivity contribution >= 4 is 0 Å². The van der Waals surface area contributed by atoms with Gasteiger partial charge in [-0.1, -0.05) is 17.3 Å². The van der Waals surface area contributed by atoms with E-state index in [2.05, 4.69) is 15.2 Å². The van der Waals surface area contributed by atoms with E-state index in [9.17, 15) is 5.11 Å². The summed E-state index contributed by atoms with van der Waals surface area (Å²) in [5, 5.41) is 17.4. The van der Waals surface area contributed by atoms with Crippen LogP contribution < -0.4 is 5.73 Å². The second-order valence-electron chi connectivity index (χ2n) is 4.81. The Kier molecular flexibility index (Phi) is 3.41. The Labute approximate surface area is 121 Å². The highest BCUT2D eigenvalue weighted by molar-refractivity contribution is 5.46. The molecule has 21 heavy (non-hydrogen) atoms. The van der Waals surface area contributed by atoms with Crippen LogP contribution in [0.15, 0.2) is 41.1 Å². The average molecular weight is 285 g/mol. The highest BCUT2D eigenvalue weighted by atomic mass is 16.5. The number of benzene rings is 1. The fourth-order valence-electron chi connectivity index (χ4n) is 2.00. The van der Waals surface area contributed by atoms with E-state index in [4.69, 9.17) is 10.3 Å². The van der Waals surface area contributed by atoms with Gasteiger partial charge in [0.25, 0.3) is 0 Å². The molecule has 3 rings (SSSR count). The Balaban J connectivity index is 1.74. The number of aryl methyl sites for hydroxylation is 1. The minimum Gasteiger partial charge on any atom is -0.508 e. The lowest BCUT2D eigenvalue weighted by atomic mass is 10.1. The maximum atomic E-state index is 9.26. The molecule has 0 saturated heterocycles. The summed E-state index contributed by atoms with van der Waals surface area (Å²) >= 11 is 0. The van der Waals surface area contributed by atoms with Crippen LogP contribution in [0.1, 0.15) is 17.5 Å². The number of hydrogen-bond donors (Lipinski definition) is 2. The molecule has 0 radical (unpaired) electrons. The molecule has 7 heteroatoms. The minimum absolute atomic E-state index is 0.225. The van der Waals surface area contributed by atoms with Gasteiger partial charge in [-0.2, -0.15) is 10.1 Å². The number of phenolic OH excluding ortho intramolecular Hbond substituents is 1. The van der Waals surface area contributed by atoms with E-state index in [0.717, 1.165) is 5.56 Å². The maximum Gasteiger partial charge on any atom is 0.244 e. The van der Waals surface area contributed by atoms with Crippen LogP contribution in [0, 0.1) is 0 Å². The lowest BCUT2D eigenvalue weighted by molar-refractivity contribution is 0.354. The van der Waals surface area contributed by atoms with Gasteiger partial charge in [0.1, 0.15) is 11.4 Å². The summed E-state index contributed by atoms with van der Waals surface area (Å²) in [6.45, 7) is 0. The normalized spacial score (nSPS) is 12.5. The van der Waals surface area contributed by atoms with Crippen LogP contribution in [0.3, 0.4) is 0 Å². The number of nitrogens with two attached hydrogens (primary N) is 1. The first kappa shape index (κ1) is 13.3. The summed E-state index contributed by atoms with van der Waals surface area (Å²) < 4.78 is 6.87. The van der Waals surface area contributed by atoms with E-state index < -0.39 is 6.04 Å². The van der Waals surface area contributed by atoms with E-state index >= 15 is 0 Å². The molecule has 0 aliphatic rings. The molecule has 3 aromatic rings. The number of aromatic hydroxyl groups is 1. The molecule has 7 nitrogen and oxygen atoms in total. The maximum absolute atomic E-state index is 9.26. The molecule has 0 spiro atoms. The number of aromatic nitrogens is 4. The standard InChI is InChI=1S/C14H15N5O2/c1-19-7-6-12(17-19)13-16-14(21-18-13)11(15)8-9-2-4-10(20)5-3-9/h2-7,11,20H,8,15H2,1H3. The summed E-state index contributed by atoms with van der Waals surface area (Å²) in [6, 6.07) is 8.26. The molecule has 0 saturated carbocycles. The van der Waals surface area contributed by atoms with Crippen LogP contribution in [-0.2, 0) is 13.5 Å². The fraction of sp³-hybridized carbons (Fsp3) is 0.214. The van der Waals surface area contributed by atoms with Crippen molar-refractivity contribution in [2.24, 2.45) is 12.8 Å². The van der Waals surface area contributed by atoms with Crippen molar-refractivity contribution in [3.8, 4) is 17.3 Å². The molecule has 0 aliphatic heterocycles. The molecular weight excluding hydrogens is 270 g/mol. The Morgan fingerprint density at radius 1 is 1.29 bits per heavy atom. The lowest BCUT2D eigenvalue weighted by Crippen LogP contribution is -2.13. The van der Waals surface area contributed by atoms with Crippen molar-refractivity contribution in [2.45, 2.75) is 12.5 Å². The van der Waals surface area contributed by atoms with Crippen LogP contribution in [0.4, 0.5) is 0 Å². The Morgan fingerprint density at radius 3 is 2.71 bits per heavy atom. The van der Waals surface area contributed by atoms with Crippen molar-refractivity contribution in [3.63, 3.8) is 0 Å². The van der Waals surface area contributed by atoms with Crippen LogP contribution in [0.5, 0.6) is 5.75 Å². The van der Waals surface area contributed by atoms with E-state index in [1.54, 1.807) is 22.9 Å². The molecule has 108 valence electrons. The second-order valence-corrected chi connectivity index (χ2v) is 4.81. The number of hydrogen-bond acceptors (Lipinski definition) is 6. The van der Waals surface area contributed by atoms with Crippen molar-refractivity contribution in [3.05, 3.63) is 48.0 Å². The third-order valence-electron chi connectivity index (χ3n) is 3.09. The highest BCUT2D eigenvalue weighted by Crippen LogP contribution is 2.19. The second kappa shape index (κ2) is 5.37. The molecule has 0 aliphatic carbocycles. The molecule has 1 atom stereocenters. The van der Waals surface area contributed by atoms with Crippen molar-refractivity contribution in [1.29, 1.82) is 0 Å². The molecule has 1 unspecified atom stereocenters. The van der Waals surface area contributed by atoms with Crippen LogP contribution >= 0.6 is 0 Å².